The molecule has 55 heavy (non-hydrogen) atoms. The summed E-state index contributed by atoms with van der Waals surface area (Å²) in [4.78, 5) is 37.2. The summed E-state index contributed by atoms with van der Waals surface area (Å²) < 4.78 is 6.44. The molecule has 1 aliphatic heterocycles. The van der Waals surface area contributed by atoms with Gasteiger partial charge in [-0.05, 0) is 120 Å². The van der Waals surface area contributed by atoms with E-state index < -0.39 is 24.2 Å². The topological polar surface area (TPSA) is 136 Å². The van der Waals surface area contributed by atoms with Crippen LogP contribution < -0.4 is 16.0 Å². The lowest BCUT2D eigenvalue weighted by Crippen LogP contribution is -2.62. The first-order valence-electron chi connectivity index (χ1n) is 22.4. The summed E-state index contributed by atoms with van der Waals surface area (Å²) >= 11 is 0. The second kappa shape index (κ2) is 18.7. The highest BCUT2D eigenvalue weighted by Crippen LogP contribution is 2.61. The minimum atomic E-state index is -0.824. The van der Waals surface area contributed by atoms with Crippen LogP contribution in [-0.4, -0.2) is 122 Å². The first kappa shape index (κ1) is 43.2. The number of carbonyl (C=O) groups excluding carboxylic acids is 2. The molecule has 0 aromatic heterocycles. The molecule has 2 amide bonds. The van der Waals surface area contributed by atoms with E-state index in [1.54, 1.807) is 12.0 Å². The minimum absolute atomic E-state index is 0.0411. The quantitative estimate of drug-likeness (QED) is 0.162. The highest BCUT2D eigenvalue weighted by Gasteiger charge is 2.58. The second-order valence-corrected chi connectivity index (χ2v) is 20.1. The monoisotopic (exact) mass is 774 g/mol. The number of hydroxylamine groups is 2. The molecule has 0 aromatic rings. The number of nitrogens with one attached hydrogen (secondary N) is 3. The fourth-order valence-electron chi connectivity index (χ4n) is 13.0. The van der Waals surface area contributed by atoms with Crippen LogP contribution >= 0.6 is 0 Å². The molecule has 1 saturated heterocycles. The first-order chi connectivity index (χ1) is 26.3. The predicted molar refractivity (Wildman–Crippen MR) is 216 cm³/mol. The zero-order valence-electron chi connectivity index (χ0n) is 35.7. The molecule has 7 aliphatic rings. The van der Waals surface area contributed by atoms with Gasteiger partial charge in [0.1, 0.15) is 12.1 Å². The Labute approximate surface area is 333 Å². The number of hydrogen-bond acceptors (Lipinski definition) is 9. The Kier molecular flexibility index (Phi) is 14.7. The number of carbonyl (C=O) groups is 2. The fourth-order valence-corrected chi connectivity index (χ4v) is 13.0. The van der Waals surface area contributed by atoms with Crippen LogP contribution in [0.1, 0.15) is 118 Å². The molecule has 0 aromatic carbocycles. The summed E-state index contributed by atoms with van der Waals surface area (Å²) in [5.41, 5.74) is 0.318. The lowest BCUT2D eigenvalue weighted by Gasteiger charge is -2.62. The molecule has 316 valence electrons. The Morgan fingerprint density at radius 2 is 1.75 bits per heavy atom. The van der Waals surface area contributed by atoms with Crippen molar-refractivity contribution in [2.24, 2.45) is 58.7 Å². The lowest BCUT2D eigenvalue weighted by molar-refractivity contribution is -0.193. The van der Waals surface area contributed by atoms with E-state index in [1.807, 2.05) is 14.2 Å². The van der Waals surface area contributed by atoms with Crippen LogP contribution in [0, 0.1) is 58.7 Å². The molecular formula is C44H79N5O6. The molecule has 7 rings (SSSR count). The van der Waals surface area contributed by atoms with Gasteiger partial charge in [0, 0.05) is 56.1 Å². The summed E-state index contributed by atoms with van der Waals surface area (Å²) in [5.74, 6) is 2.54. The Hall–Kier alpha value is -1.34. The van der Waals surface area contributed by atoms with Gasteiger partial charge in [0.25, 0.3) is 0 Å². The molecule has 0 spiro atoms. The predicted octanol–water partition coefficient (Wildman–Crippen LogP) is 4.60. The van der Waals surface area contributed by atoms with Gasteiger partial charge in [0.05, 0.1) is 18.8 Å². The molecule has 15 atom stereocenters. The number of likely N-dealkylation sites (N-methyl/N-ethyl adjacent to an activating group) is 1. The highest BCUT2D eigenvalue weighted by molar-refractivity contribution is 5.83. The third-order valence-corrected chi connectivity index (χ3v) is 16.3. The Balaban J connectivity index is 1.15. The van der Waals surface area contributed by atoms with E-state index in [-0.39, 0.29) is 54.4 Å². The number of hydrogen-bond donors (Lipinski definition) is 5. The molecule has 6 saturated carbocycles. The SMILES string of the molecule is CNC[C@H](CC1CCCCC1)NC(=O)C1CC(C2CCCC(CN3O[C@@H](CO)C([C@H](C)O)C3C(=O)N[C@H]3C[C@H]4C[C@@H]([C@@H]3C)C4(C)C)C2OC)CC(N(C)C)C1. The second-order valence-electron chi connectivity index (χ2n) is 20.1. The maximum atomic E-state index is 14.4. The van der Waals surface area contributed by atoms with Crippen LogP contribution in [0.2, 0.25) is 0 Å². The third-order valence-electron chi connectivity index (χ3n) is 16.3. The van der Waals surface area contributed by atoms with Gasteiger partial charge in [-0.3, -0.25) is 14.4 Å². The Morgan fingerprint density at radius 1 is 1.00 bits per heavy atom. The van der Waals surface area contributed by atoms with Gasteiger partial charge >= 0.3 is 0 Å². The largest absolute Gasteiger partial charge is 0.394 e. The van der Waals surface area contributed by atoms with Gasteiger partial charge in [-0.15, -0.1) is 0 Å². The zero-order chi connectivity index (χ0) is 39.6. The normalized spacial score (nSPS) is 40.7. The number of aliphatic hydroxyl groups is 2. The number of rotatable bonds is 15. The van der Waals surface area contributed by atoms with Crippen LogP contribution in [0.15, 0.2) is 0 Å². The lowest BCUT2D eigenvalue weighted by atomic mass is 9.45. The van der Waals surface area contributed by atoms with E-state index in [1.165, 1.54) is 38.5 Å². The number of aliphatic hydroxyl groups excluding tert-OH is 2. The summed E-state index contributed by atoms with van der Waals surface area (Å²) in [6.45, 7) is 9.76. The average Bonchev–Trinajstić information content (AvgIpc) is 3.54. The molecule has 7 fully saturated rings. The van der Waals surface area contributed by atoms with Crippen molar-refractivity contribution in [3.05, 3.63) is 0 Å². The average molecular weight is 774 g/mol. The summed E-state index contributed by atoms with van der Waals surface area (Å²) in [6, 6.07) is -0.128. The molecule has 8 unspecified atom stereocenters. The van der Waals surface area contributed by atoms with Crippen molar-refractivity contribution in [2.45, 2.75) is 160 Å². The van der Waals surface area contributed by atoms with E-state index >= 15 is 0 Å². The summed E-state index contributed by atoms with van der Waals surface area (Å²) in [6.07, 6.45) is 14.1. The van der Waals surface area contributed by atoms with Gasteiger partial charge in [-0.25, -0.2) is 0 Å². The number of methoxy groups -OCH3 is 1. The van der Waals surface area contributed by atoms with Crippen LogP contribution in [0.4, 0.5) is 0 Å². The van der Waals surface area contributed by atoms with E-state index in [0.717, 1.165) is 57.9 Å². The molecule has 1 heterocycles. The van der Waals surface area contributed by atoms with Crippen LogP contribution in [0.25, 0.3) is 0 Å². The van der Waals surface area contributed by atoms with Crippen LogP contribution in [0.5, 0.6) is 0 Å². The van der Waals surface area contributed by atoms with Crippen molar-refractivity contribution in [2.75, 3.05) is 47.9 Å². The van der Waals surface area contributed by atoms with E-state index in [4.69, 9.17) is 9.57 Å². The van der Waals surface area contributed by atoms with Crippen molar-refractivity contribution < 1.29 is 29.4 Å². The van der Waals surface area contributed by atoms with Crippen molar-refractivity contribution in [1.29, 1.82) is 0 Å². The molecule has 11 heteroatoms. The van der Waals surface area contributed by atoms with Crippen molar-refractivity contribution in [3.63, 3.8) is 0 Å². The third kappa shape index (κ3) is 9.44. The van der Waals surface area contributed by atoms with E-state index in [2.05, 4.69) is 55.7 Å². The molecule has 11 nitrogen and oxygen atoms in total. The Bertz CT molecular complexity index is 1260. The van der Waals surface area contributed by atoms with Crippen molar-refractivity contribution >= 4 is 11.8 Å². The van der Waals surface area contributed by atoms with E-state index in [9.17, 15) is 19.8 Å². The minimum Gasteiger partial charge on any atom is -0.394 e. The number of nitrogens with zero attached hydrogens (tertiary/aromatic N) is 2. The fraction of sp³-hybridized carbons (Fsp3) is 0.955. The standard InChI is InChI=1S/C44H79N5O6/c1-26-36-21-32(44(36,3)4)22-37(26)47-43(53)40-39(27(2)51)38(25-50)55-49(40)24-29-15-12-16-35(41(29)54-8)30-18-31(20-34(19-30)48(6)7)42(52)46-33(23-45-5)17-28-13-10-9-11-14-28/h26-41,45,50-51H,9-25H2,1-8H3,(H,46,52)(H,47,53)/t26-,27-,29?,30?,31?,32+,33-,34?,35?,36-,37-,38-,39?,40?,41?/m0/s1. The number of amides is 2. The Morgan fingerprint density at radius 3 is 2.36 bits per heavy atom. The number of fused-ring (bicyclic) bond motifs is 2. The van der Waals surface area contributed by atoms with Crippen molar-refractivity contribution in [3.8, 4) is 0 Å². The molecule has 6 aliphatic carbocycles. The summed E-state index contributed by atoms with van der Waals surface area (Å²) in [7, 11) is 8.10. The maximum Gasteiger partial charge on any atom is 0.240 e. The molecular weight excluding hydrogens is 695 g/mol. The van der Waals surface area contributed by atoms with E-state index in [0.29, 0.717) is 47.6 Å². The van der Waals surface area contributed by atoms with Gasteiger partial charge in [-0.2, -0.15) is 5.06 Å². The molecule has 0 radical (unpaired) electrons. The van der Waals surface area contributed by atoms with Gasteiger partial charge in [0.2, 0.25) is 11.8 Å². The smallest absolute Gasteiger partial charge is 0.240 e. The van der Waals surface area contributed by atoms with Gasteiger partial charge in [-0.1, -0.05) is 59.3 Å². The highest BCUT2D eigenvalue weighted by atomic mass is 16.7. The summed E-state index contributed by atoms with van der Waals surface area (Å²) in [5, 5.41) is 33.6. The van der Waals surface area contributed by atoms with Crippen LogP contribution in [-0.2, 0) is 19.2 Å². The number of ether oxygens (including phenoxy) is 1. The van der Waals surface area contributed by atoms with Gasteiger partial charge in [0.15, 0.2) is 0 Å². The van der Waals surface area contributed by atoms with Crippen LogP contribution in [0.3, 0.4) is 0 Å². The zero-order valence-corrected chi connectivity index (χ0v) is 35.7. The van der Waals surface area contributed by atoms with Crippen molar-refractivity contribution in [1.82, 2.24) is 25.9 Å². The molecule has 2 bridgehead atoms. The maximum absolute atomic E-state index is 14.4. The molecule has 5 N–H and O–H groups in total. The van der Waals surface area contributed by atoms with Gasteiger partial charge < -0.3 is 35.8 Å². The first-order valence-corrected chi connectivity index (χ1v) is 22.4.